The van der Waals surface area contributed by atoms with E-state index in [0.29, 0.717) is 28.7 Å². The summed E-state index contributed by atoms with van der Waals surface area (Å²) in [4.78, 5) is 15.5. The van der Waals surface area contributed by atoms with Crippen molar-refractivity contribution in [1.29, 1.82) is 0 Å². The molecule has 4 rings (SSSR count). The summed E-state index contributed by atoms with van der Waals surface area (Å²) < 4.78 is 0. The van der Waals surface area contributed by atoms with Gasteiger partial charge in [0.05, 0.1) is 0 Å². The van der Waals surface area contributed by atoms with Gasteiger partial charge in [0, 0.05) is 34.8 Å². The molecule has 1 amide bonds. The number of carbonyl (C=O) groups excluding carboxylic acids is 1. The molecule has 0 spiro atoms. The van der Waals surface area contributed by atoms with Crippen molar-refractivity contribution in [1.82, 2.24) is 10.2 Å². The summed E-state index contributed by atoms with van der Waals surface area (Å²) >= 11 is 6.03. The number of hydrogen-bond donors (Lipinski definition) is 1. The molecule has 1 aliphatic carbocycles. The maximum Gasteiger partial charge on any atom is 0.251 e. The first-order valence-electron chi connectivity index (χ1n) is 10.0. The molecule has 2 saturated heterocycles. The van der Waals surface area contributed by atoms with Gasteiger partial charge in [0.2, 0.25) is 0 Å². The Bertz CT molecular complexity index is 600. The third-order valence-electron chi connectivity index (χ3n) is 6.45. The fourth-order valence-electron chi connectivity index (χ4n) is 5.41. The van der Waals surface area contributed by atoms with Crippen LogP contribution in [0.25, 0.3) is 0 Å². The lowest BCUT2D eigenvalue weighted by Crippen LogP contribution is -2.60. The number of fused-ring (bicyclic) bond motifs is 2. The van der Waals surface area contributed by atoms with Crippen molar-refractivity contribution in [2.45, 2.75) is 88.4 Å². The van der Waals surface area contributed by atoms with E-state index in [1.165, 1.54) is 51.4 Å². The topological polar surface area (TPSA) is 32.3 Å². The lowest BCUT2D eigenvalue weighted by Gasteiger charge is -2.53. The van der Waals surface area contributed by atoms with Crippen molar-refractivity contribution in [3.8, 4) is 0 Å². The lowest BCUT2D eigenvalue weighted by molar-refractivity contribution is -0.0211. The summed E-state index contributed by atoms with van der Waals surface area (Å²) in [5.74, 6) is 0.0247. The van der Waals surface area contributed by atoms with Crippen LogP contribution in [-0.2, 0) is 0 Å². The number of piperidine rings is 2. The second-order valence-electron chi connectivity index (χ2n) is 8.13. The first-order valence-corrected chi connectivity index (χ1v) is 10.4. The Morgan fingerprint density at radius 1 is 0.960 bits per heavy atom. The van der Waals surface area contributed by atoms with E-state index in [2.05, 4.69) is 10.2 Å². The molecule has 2 unspecified atom stereocenters. The first-order chi connectivity index (χ1) is 12.2. The van der Waals surface area contributed by atoms with Gasteiger partial charge in [0.25, 0.3) is 5.91 Å². The number of nitrogens with one attached hydrogen (secondary N) is 1. The van der Waals surface area contributed by atoms with Crippen molar-refractivity contribution in [2.75, 3.05) is 0 Å². The summed E-state index contributed by atoms with van der Waals surface area (Å²) in [5, 5.41) is 3.91. The molecular formula is C21H29ClN2O. The van der Waals surface area contributed by atoms with Crippen LogP contribution in [-0.4, -0.2) is 35.0 Å². The number of hydrogen-bond acceptors (Lipinski definition) is 2. The Morgan fingerprint density at radius 2 is 1.64 bits per heavy atom. The molecule has 3 nitrogen and oxygen atoms in total. The van der Waals surface area contributed by atoms with Gasteiger partial charge in [-0.1, -0.05) is 43.4 Å². The predicted octanol–water partition coefficient (Wildman–Crippen LogP) is 4.79. The zero-order chi connectivity index (χ0) is 17.2. The molecule has 1 aromatic rings. The molecule has 25 heavy (non-hydrogen) atoms. The van der Waals surface area contributed by atoms with E-state index < -0.39 is 0 Å². The lowest BCUT2D eigenvalue weighted by atomic mass is 9.78. The molecule has 4 heteroatoms. The number of rotatable bonds is 3. The highest BCUT2D eigenvalue weighted by atomic mass is 35.5. The third kappa shape index (κ3) is 3.88. The van der Waals surface area contributed by atoms with Gasteiger partial charge in [-0.2, -0.15) is 0 Å². The maximum absolute atomic E-state index is 12.6. The van der Waals surface area contributed by atoms with Crippen LogP contribution in [0.3, 0.4) is 0 Å². The standard InChI is InChI=1S/C21H29ClN2O/c22-16-7-4-6-15(12-16)21(25)23-17-13-19-10-5-11-20(14-17)24(19)18-8-2-1-3-9-18/h4,6-7,12,17-20H,1-3,5,8-11,13-14H2,(H,23,25). The Labute approximate surface area is 156 Å². The largest absolute Gasteiger partial charge is 0.349 e. The average molecular weight is 361 g/mol. The first kappa shape index (κ1) is 17.4. The van der Waals surface area contributed by atoms with Crippen molar-refractivity contribution in [2.24, 2.45) is 0 Å². The normalized spacial score (nSPS) is 30.8. The molecule has 2 atom stereocenters. The van der Waals surface area contributed by atoms with Crippen LogP contribution in [0.2, 0.25) is 5.02 Å². The van der Waals surface area contributed by atoms with Gasteiger partial charge in [-0.3, -0.25) is 9.69 Å². The minimum atomic E-state index is 0.0247. The molecule has 1 saturated carbocycles. The van der Waals surface area contributed by atoms with Crippen LogP contribution < -0.4 is 5.32 Å². The van der Waals surface area contributed by atoms with Crippen molar-refractivity contribution >= 4 is 17.5 Å². The summed E-state index contributed by atoms with van der Waals surface area (Å²) in [5.41, 5.74) is 0.673. The van der Waals surface area contributed by atoms with Gasteiger partial charge in [0.1, 0.15) is 0 Å². The SMILES string of the molecule is O=C(NC1CC2CCCC(C1)N2C1CCCCC1)c1cccc(Cl)c1. The van der Waals surface area contributed by atoms with Crippen LogP contribution in [0.1, 0.15) is 74.6 Å². The van der Waals surface area contributed by atoms with E-state index in [0.717, 1.165) is 18.9 Å². The van der Waals surface area contributed by atoms with Gasteiger partial charge in [0.15, 0.2) is 0 Å². The number of carbonyl (C=O) groups is 1. The van der Waals surface area contributed by atoms with E-state index in [1.807, 2.05) is 18.2 Å². The van der Waals surface area contributed by atoms with Crippen molar-refractivity contribution < 1.29 is 4.79 Å². The van der Waals surface area contributed by atoms with Crippen LogP contribution in [0.15, 0.2) is 24.3 Å². The van der Waals surface area contributed by atoms with E-state index in [9.17, 15) is 4.79 Å². The van der Waals surface area contributed by atoms with Crippen LogP contribution in [0.4, 0.5) is 0 Å². The Hall–Kier alpha value is -1.06. The zero-order valence-corrected chi connectivity index (χ0v) is 15.7. The monoisotopic (exact) mass is 360 g/mol. The van der Waals surface area contributed by atoms with Crippen LogP contribution in [0, 0.1) is 0 Å². The predicted molar refractivity (Wildman–Crippen MR) is 102 cm³/mol. The quantitative estimate of drug-likeness (QED) is 0.840. The number of benzene rings is 1. The van der Waals surface area contributed by atoms with Gasteiger partial charge in [-0.15, -0.1) is 0 Å². The number of halogens is 1. The maximum atomic E-state index is 12.6. The molecule has 3 fully saturated rings. The Balaban J connectivity index is 1.41. The van der Waals surface area contributed by atoms with Gasteiger partial charge in [-0.05, 0) is 56.7 Å². The van der Waals surface area contributed by atoms with E-state index in [1.54, 1.807) is 6.07 Å². The van der Waals surface area contributed by atoms with E-state index >= 15 is 0 Å². The highest BCUT2D eigenvalue weighted by Crippen LogP contribution is 2.39. The summed E-state index contributed by atoms with van der Waals surface area (Å²) in [7, 11) is 0. The van der Waals surface area contributed by atoms with Crippen molar-refractivity contribution in [3.05, 3.63) is 34.9 Å². The molecule has 0 radical (unpaired) electrons. The molecule has 1 N–H and O–H groups in total. The number of amides is 1. The van der Waals surface area contributed by atoms with E-state index in [4.69, 9.17) is 11.6 Å². The van der Waals surface area contributed by atoms with Gasteiger partial charge >= 0.3 is 0 Å². The summed E-state index contributed by atoms with van der Waals surface area (Å²) in [6, 6.07) is 9.70. The minimum Gasteiger partial charge on any atom is -0.349 e. The molecule has 0 aromatic heterocycles. The molecular weight excluding hydrogens is 332 g/mol. The van der Waals surface area contributed by atoms with Crippen molar-refractivity contribution in [3.63, 3.8) is 0 Å². The summed E-state index contributed by atoms with van der Waals surface area (Å²) in [6.45, 7) is 0. The molecule has 2 aliphatic heterocycles. The van der Waals surface area contributed by atoms with Crippen LogP contribution in [0.5, 0.6) is 0 Å². The highest BCUT2D eigenvalue weighted by Gasteiger charge is 2.42. The smallest absolute Gasteiger partial charge is 0.251 e. The second-order valence-corrected chi connectivity index (χ2v) is 8.57. The van der Waals surface area contributed by atoms with E-state index in [-0.39, 0.29) is 5.91 Å². The Kier molecular flexibility index (Phi) is 5.33. The third-order valence-corrected chi connectivity index (χ3v) is 6.68. The van der Waals surface area contributed by atoms with Crippen LogP contribution >= 0.6 is 11.6 Å². The fraction of sp³-hybridized carbons (Fsp3) is 0.667. The average Bonchev–Trinajstić information content (AvgIpc) is 2.61. The fourth-order valence-corrected chi connectivity index (χ4v) is 5.60. The second kappa shape index (κ2) is 7.67. The minimum absolute atomic E-state index is 0.0247. The molecule has 2 heterocycles. The van der Waals surface area contributed by atoms with Gasteiger partial charge in [-0.25, -0.2) is 0 Å². The molecule has 3 aliphatic rings. The molecule has 136 valence electrons. The van der Waals surface area contributed by atoms with Gasteiger partial charge < -0.3 is 5.32 Å². The zero-order valence-electron chi connectivity index (χ0n) is 14.9. The highest BCUT2D eigenvalue weighted by molar-refractivity contribution is 6.30. The Morgan fingerprint density at radius 3 is 2.32 bits per heavy atom. The summed E-state index contributed by atoms with van der Waals surface area (Å²) in [6.07, 6.45) is 13.2. The molecule has 1 aromatic carbocycles. The molecule has 2 bridgehead atoms. The number of nitrogens with zero attached hydrogens (tertiary/aromatic N) is 1.